The van der Waals surface area contributed by atoms with Gasteiger partial charge in [0.25, 0.3) is 0 Å². The number of anilines is 1. The zero-order chi connectivity index (χ0) is 23.8. The first-order valence-corrected chi connectivity index (χ1v) is 11.8. The van der Waals surface area contributed by atoms with Crippen molar-refractivity contribution in [3.63, 3.8) is 0 Å². The van der Waals surface area contributed by atoms with Gasteiger partial charge in [0, 0.05) is 17.0 Å². The molecule has 7 nitrogen and oxygen atoms in total. The van der Waals surface area contributed by atoms with Gasteiger partial charge in [0.15, 0.2) is 5.82 Å². The number of halogens is 1. The Balaban J connectivity index is 1.70. The standard InChI is InChI=1S/C24H23FN3O4P/c1-14-9-18(32-2)7-6-17(14)5-3-16-10-20-19-8-4-15(12-22(25)33(29,30)31)11-21(19)28-24(26)23(20)27-13-16/h4,6-13H,3,5H2,1-2H3,(H2,26,28)(H2,29,30,31). The van der Waals surface area contributed by atoms with Crippen LogP contribution in [0.15, 0.2) is 54.2 Å². The van der Waals surface area contributed by atoms with Crippen LogP contribution in [-0.4, -0.2) is 26.9 Å². The molecular weight excluding hydrogens is 444 g/mol. The summed E-state index contributed by atoms with van der Waals surface area (Å²) in [6.07, 6.45) is 4.19. The van der Waals surface area contributed by atoms with Crippen LogP contribution in [0.2, 0.25) is 0 Å². The number of pyridine rings is 2. The highest BCUT2D eigenvalue weighted by molar-refractivity contribution is 7.56. The van der Waals surface area contributed by atoms with Crippen LogP contribution in [0.1, 0.15) is 22.3 Å². The minimum absolute atomic E-state index is 0.228. The van der Waals surface area contributed by atoms with E-state index < -0.39 is 13.2 Å². The molecule has 0 bridgehead atoms. The number of nitrogens with two attached hydrogens (primary N) is 1. The molecule has 0 radical (unpaired) electrons. The van der Waals surface area contributed by atoms with E-state index in [1.807, 2.05) is 18.2 Å². The molecule has 0 aliphatic rings. The summed E-state index contributed by atoms with van der Waals surface area (Å²) in [5, 5.41) is 1.58. The lowest BCUT2D eigenvalue weighted by Crippen LogP contribution is -1.99. The number of hydrogen-bond acceptors (Lipinski definition) is 5. The van der Waals surface area contributed by atoms with Crippen LogP contribution < -0.4 is 10.5 Å². The number of aryl methyl sites for hydroxylation is 3. The maximum absolute atomic E-state index is 13.7. The van der Waals surface area contributed by atoms with Gasteiger partial charge in [-0.05, 0) is 72.4 Å². The van der Waals surface area contributed by atoms with E-state index >= 15 is 0 Å². The Bertz CT molecular complexity index is 1450. The van der Waals surface area contributed by atoms with Gasteiger partial charge in [0.05, 0.1) is 12.6 Å². The third-order valence-electron chi connectivity index (χ3n) is 5.54. The average molecular weight is 467 g/mol. The summed E-state index contributed by atoms with van der Waals surface area (Å²) < 4.78 is 30.1. The minimum Gasteiger partial charge on any atom is -0.497 e. The molecule has 0 saturated carbocycles. The van der Waals surface area contributed by atoms with E-state index in [0.29, 0.717) is 11.0 Å². The van der Waals surface area contributed by atoms with Crippen molar-refractivity contribution in [3.8, 4) is 5.75 Å². The second kappa shape index (κ2) is 8.90. The number of nitrogen functional groups attached to an aromatic ring is 1. The van der Waals surface area contributed by atoms with E-state index in [-0.39, 0.29) is 11.4 Å². The predicted molar refractivity (Wildman–Crippen MR) is 128 cm³/mol. The summed E-state index contributed by atoms with van der Waals surface area (Å²) in [7, 11) is -3.30. The molecule has 33 heavy (non-hydrogen) atoms. The molecule has 0 aliphatic heterocycles. The third kappa shape index (κ3) is 4.88. The second-order valence-corrected chi connectivity index (χ2v) is 9.33. The van der Waals surface area contributed by atoms with Gasteiger partial charge in [-0.3, -0.25) is 9.55 Å². The van der Waals surface area contributed by atoms with E-state index in [4.69, 9.17) is 20.3 Å². The number of methoxy groups -OCH3 is 1. The first-order chi connectivity index (χ1) is 15.7. The maximum atomic E-state index is 13.7. The largest absolute Gasteiger partial charge is 0.497 e. The monoisotopic (exact) mass is 467 g/mol. The van der Waals surface area contributed by atoms with Crippen molar-refractivity contribution in [1.82, 2.24) is 9.97 Å². The molecule has 170 valence electrons. The fraction of sp³-hybridized carbons (Fsp3) is 0.167. The molecule has 0 unspecified atom stereocenters. The van der Waals surface area contributed by atoms with Crippen LogP contribution in [0, 0.1) is 6.92 Å². The van der Waals surface area contributed by atoms with Crippen molar-refractivity contribution >= 4 is 41.3 Å². The quantitative estimate of drug-likeness (QED) is 0.272. The number of fused-ring (bicyclic) bond motifs is 3. The smallest absolute Gasteiger partial charge is 0.384 e. The molecule has 0 atom stereocenters. The average Bonchev–Trinajstić information content (AvgIpc) is 2.77. The van der Waals surface area contributed by atoms with Gasteiger partial charge < -0.3 is 20.3 Å². The zero-order valence-corrected chi connectivity index (χ0v) is 19.0. The Hall–Kier alpha value is -3.32. The van der Waals surface area contributed by atoms with E-state index in [1.54, 1.807) is 25.4 Å². The highest BCUT2D eigenvalue weighted by atomic mass is 31.2. The van der Waals surface area contributed by atoms with Crippen molar-refractivity contribution in [2.75, 3.05) is 12.8 Å². The van der Waals surface area contributed by atoms with Gasteiger partial charge in [-0.1, -0.05) is 18.2 Å². The second-order valence-electron chi connectivity index (χ2n) is 7.82. The van der Waals surface area contributed by atoms with Crippen LogP contribution in [0.4, 0.5) is 10.2 Å². The fourth-order valence-corrected chi connectivity index (χ4v) is 4.09. The minimum atomic E-state index is -4.95. The lowest BCUT2D eigenvalue weighted by molar-refractivity contribution is 0.369. The van der Waals surface area contributed by atoms with E-state index in [9.17, 15) is 8.96 Å². The molecule has 0 saturated heterocycles. The molecule has 0 aliphatic carbocycles. The molecule has 0 spiro atoms. The van der Waals surface area contributed by atoms with Crippen molar-refractivity contribution in [3.05, 3.63) is 76.5 Å². The summed E-state index contributed by atoms with van der Waals surface area (Å²) >= 11 is 0. The third-order valence-corrected chi connectivity index (χ3v) is 6.22. The first-order valence-electron chi connectivity index (χ1n) is 10.2. The molecule has 0 amide bonds. The topological polar surface area (TPSA) is 119 Å². The Kier molecular flexibility index (Phi) is 6.17. The molecule has 4 N–H and O–H groups in total. The molecule has 0 fully saturated rings. The number of rotatable bonds is 6. The highest BCUT2D eigenvalue weighted by Crippen LogP contribution is 2.46. The van der Waals surface area contributed by atoms with Crippen LogP contribution in [0.25, 0.3) is 27.9 Å². The Morgan fingerprint density at radius 1 is 1.15 bits per heavy atom. The van der Waals surface area contributed by atoms with Crippen molar-refractivity contribution < 1.29 is 23.5 Å². The van der Waals surface area contributed by atoms with Crippen molar-refractivity contribution in [2.24, 2.45) is 0 Å². The SMILES string of the molecule is COc1ccc(CCc2cnc3c(N)nc4cc(C=C(F)P(=O)(O)O)ccc4c3c2)c(C)c1. The number of nitrogens with zero attached hydrogens (tertiary/aromatic N) is 2. The maximum Gasteiger partial charge on any atom is 0.384 e. The van der Waals surface area contributed by atoms with Gasteiger partial charge in [-0.25, -0.2) is 4.98 Å². The predicted octanol–water partition coefficient (Wildman–Crippen LogP) is 4.91. The Morgan fingerprint density at radius 3 is 2.64 bits per heavy atom. The van der Waals surface area contributed by atoms with E-state index in [2.05, 4.69) is 23.0 Å². The molecule has 4 aromatic rings. The van der Waals surface area contributed by atoms with Gasteiger partial charge in [0.2, 0.25) is 5.57 Å². The fourth-order valence-electron chi connectivity index (χ4n) is 3.77. The number of aromatic nitrogens is 2. The Labute approximate surface area is 189 Å². The molecular formula is C24H23FN3O4P. The number of ether oxygens (including phenoxy) is 1. The molecule has 9 heteroatoms. The van der Waals surface area contributed by atoms with Crippen LogP contribution in [0.5, 0.6) is 5.75 Å². The normalized spacial score (nSPS) is 12.5. The number of benzene rings is 2. The molecule has 2 aromatic carbocycles. The van der Waals surface area contributed by atoms with E-state index in [0.717, 1.165) is 46.6 Å². The summed E-state index contributed by atoms with van der Waals surface area (Å²) in [6.45, 7) is 2.05. The summed E-state index contributed by atoms with van der Waals surface area (Å²) in [6, 6.07) is 12.9. The first kappa shape index (κ1) is 22.9. The summed E-state index contributed by atoms with van der Waals surface area (Å²) in [4.78, 5) is 26.8. The lowest BCUT2D eigenvalue weighted by atomic mass is 9.99. The van der Waals surface area contributed by atoms with Gasteiger partial charge in [-0.15, -0.1) is 0 Å². The Morgan fingerprint density at radius 2 is 1.94 bits per heavy atom. The van der Waals surface area contributed by atoms with E-state index in [1.165, 1.54) is 11.6 Å². The van der Waals surface area contributed by atoms with Crippen LogP contribution >= 0.6 is 7.60 Å². The molecule has 2 aromatic heterocycles. The van der Waals surface area contributed by atoms with Crippen molar-refractivity contribution in [2.45, 2.75) is 19.8 Å². The van der Waals surface area contributed by atoms with Crippen molar-refractivity contribution in [1.29, 1.82) is 0 Å². The van der Waals surface area contributed by atoms with Gasteiger partial charge >= 0.3 is 7.60 Å². The zero-order valence-electron chi connectivity index (χ0n) is 18.1. The van der Waals surface area contributed by atoms with Gasteiger partial charge in [0.1, 0.15) is 11.3 Å². The summed E-state index contributed by atoms with van der Waals surface area (Å²) in [5.74, 6) is 1.06. The highest BCUT2D eigenvalue weighted by Gasteiger charge is 2.20. The summed E-state index contributed by atoms with van der Waals surface area (Å²) in [5.41, 5.74) is 9.33. The van der Waals surface area contributed by atoms with Gasteiger partial charge in [-0.2, -0.15) is 4.39 Å². The molecule has 2 heterocycles. The van der Waals surface area contributed by atoms with Crippen LogP contribution in [-0.2, 0) is 17.4 Å². The molecule has 4 rings (SSSR count). The lowest BCUT2D eigenvalue weighted by Gasteiger charge is -2.10. The number of hydrogen-bond donors (Lipinski definition) is 3. The van der Waals surface area contributed by atoms with Crippen LogP contribution in [0.3, 0.4) is 0 Å².